The van der Waals surface area contributed by atoms with E-state index in [-0.39, 0.29) is 24.2 Å². The van der Waals surface area contributed by atoms with Crippen molar-refractivity contribution in [2.75, 3.05) is 33.1 Å². The first-order valence-corrected chi connectivity index (χ1v) is 14.2. The van der Waals surface area contributed by atoms with Crippen LogP contribution in [0.5, 0.6) is 5.75 Å². The van der Waals surface area contributed by atoms with Crippen LogP contribution in [-0.2, 0) is 32.0 Å². The summed E-state index contributed by atoms with van der Waals surface area (Å²) in [7, 11) is 6.87. The first-order valence-electron chi connectivity index (χ1n) is 14.2. The van der Waals surface area contributed by atoms with Crippen molar-refractivity contribution in [3.63, 3.8) is 0 Å². The van der Waals surface area contributed by atoms with Crippen LogP contribution < -0.4 is 10.6 Å². The number of rotatable bonds is 6. The van der Waals surface area contributed by atoms with E-state index in [0.29, 0.717) is 23.5 Å². The maximum Gasteiger partial charge on any atom is 0.235 e. The quantitative estimate of drug-likeness (QED) is 0.438. The van der Waals surface area contributed by atoms with Crippen LogP contribution in [0, 0.1) is 29.6 Å². The molecule has 0 saturated heterocycles. The lowest BCUT2D eigenvalue weighted by Crippen LogP contribution is -2.74. The molecule has 10 nitrogen and oxygen atoms in total. The van der Waals surface area contributed by atoms with Crippen LogP contribution in [-0.4, -0.2) is 84.0 Å². The maximum atomic E-state index is 14.1. The number of anilines is 1. The fourth-order valence-corrected chi connectivity index (χ4v) is 7.95. The molecule has 3 fully saturated rings. The predicted octanol–water partition coefficient (Wildman–Crippen LogP) is 1.06. The van der Waals surface area contributed by atoms with E-state index in [1.807, 2.05) is 25.1 Å². The number of ketones is 4. The summed E-state index contributed by atoms with van der Waals surface area (Å²) < 4.78 is 0. The average Bonchev–Trinajstić information content (AvgIpc) is 3.39. The highest BCUT2D eigenvalue weighted by Gasteiger charge is 2.69. The van der Waals surface area contributed by atoms with Crippen molar-refractivity contribution < 1.29 is 34.2 Å². The van der Waals surface area contributed by atoms with Crippen LogP contribution in [0.1, 0.15) is 60.0 Å². The van der Waals surface area contributed by atoms with Crippen molar-refractivity contribution in [1.29, 1.82) is 0 Å². The minimum atomic E-state index is -2.71. The van der Waals surface area contributed by atoms with Crippen LogP contribution in [0.2, 0.25) is 0 Å². The molecule has 3 saturated carbocycles. The molecule has 4 aliphatic rings. The topological polar surface area (TPSA) is 158 Å². The Bertz CT molecular complexity index is 1300. The first kappa shape index (κ1) is 28.4. The van der Waals surface area contributed by atoms with Crippen molar-refractivity contribution in [3.8, 4) is 5.75 Å². The van der Waals surface area contributed by atoms with E-state index < -0.39 is 64.4 Å². The van der Waals surface area contributed by atoms with Gasteiger partial charge in [-0.15, -0.1) is 0 Å². The molecule has 0 aliphatic heterocycles. The van der Waals surface area contributed by atoms with E-state index in [4.69, 9.17) is 5.73 Å². The van der Waals surface area contributed by atoms with Gasteiger partial charge < -0.3 is 20.8 Å². The molecule has 0 radical (unpaired) electrons. The maximum absolute atomic E-state index is 14.1. The van der Waals surface area contributed by atoms with Gasteiger partial charge in [-0.25, -0.2) is 0 Å². The predicted molar refractivity (Wildman–Crippen MR) is 146 cm³/mol. The Morgan fingerprint density at radius 2 is 1.73 bits per heavy atom. The van der Waals surface area contributed by atoms with E-state index >= 15 is 0 Å². The van der Waals surface area contributed by atoms with Crippen molar-refractivity contribution in [1.82, 2.24) is 4.90 Å². The molecule has 0 heterocycles. The number of hydrogen-bond donors (Lipinski definition) is 3. The molecule has 1 aromatic rings. The van der Waals surface area contributed by atoms with Gasteiger partial charge in [0.2, 0.25) is 5.91 Å². The molecule has 10 heteroatoms. The molecular formula is C30H39N3O7. The third kappa shape index (κ3) is 4.10. The minimum Gasteiger partial charge on any atom is -0.507 e. The molecule has 2 unspecified atom stereocenters. The molecular weight excluding hydrogens is 514 g/mol. The minimum absolute atomic E-state index is 0.0426. The number of nitrogens with zero attached hydrogens (tertiary/aromatic N) is 2. The lowest BCUT2D eigenvalue weighted by atomic mass is 9.52. The van der Waals surface area contributed by atoms with Gasteiger partial charge in [-0.1, -0.05) is 25.7 Å². The van der Waals surface area contributed by atoms with Crippen molar-refractivity contribution in [3.05, 3.63) is 22.8 Å². The Labute approximate surface area is 233 Å². The number of carbonyl (C=O) groups excluding carboxylic acids is 5. The van der Waals surface area contributed by atoms with Gasteiger partial charge in [-0.2, -0.15) is 0 Å². The van der Waals surface area contributed by atoms with Crippen LogP contribution in [0.3, 0.4) is 0 Å². The number of phenols is 1. The Hall–Kier alpha value is -3.11. The second-order valence-corrected chi connectivity index (χ2v) is 12.6. The fraction of sp³-hybridized carbons (Fsp3) is 0.633. The number of benzene rings is 1. The number of fused-ring (bicyclic) bond motifs is 3. The van der Waals surface area contributed by atoms with Gasteiger partial charge in [0.1, 0.15) is 5.75 Å². The van der Waals surface area contributed by atoms with E-state index in [1.54, 1.807) is 14.1 Å². The van der Waals surface area contributed by atoms with Gasteiger partial charge in [-0.3, -0.25) is 28.9 Å². The highest BCUT2D eigenvalue weighted by molar-refractivity contribution is 6.32. The lowest BCUT2D eigenvalue weighted by molar-refractivity contribution is -0.181. The van der Waals surface area contributed by atoms with Crippen LogP contribution in [0.15, 0.2) is 6.07 Å². The number of primary amides is 1. The molecule has 1 amide bonds. The van der Waals surface area contributed by atoms with E-state index in [0.717, 1.165) is 24.9 Å². The van der Waals surface area contributed by atoms with Crippen molar-refractivity contribution in [2.24, 2.45) is 35.3 Å². The largest absolute Gasteiger partial charge is 0.507 e. The van der Waals surface area contributed by atoms with Crippen molar-refractivity contribution in [2.45, 2.75) is 63.0 Å². The van der Waals surface area contributed by atoms with Crippen LogP contribution in [0.25, 0.3) is 0 Å². The summed E-state index contributed by atoms with van der Waals surface area (Å²) in [4.78, 5) is 70.3. The number of aromatic hydroxyl groups is 1. The van der Waals surface area contributed by atoms with Gasteiger partial charge in [0, 0.05) is 25.7 Å². The summed E-state index contributed by atoms with van der Waals surface area (Å²) >= 11 is 0. The summed E-state index contributed by atoms with van der Waals surface area (Å²) in [6.07, 6.45) is 6.50. The summed E-state index contributed by atoms with van der Waals surface area (Å²) in [6.45, 7) is 0. The second kappa shape index (κ2) is 10.1. The van der Waals surface area contributed by atoms with Gasteiger partial charge in [-0.05, 0) is 68.8 Å². The molecule has 216 valence electrons. The zero-order valence-corrected chi connectivity index (χ0v) is 23.6. The zero-order chi connectivity index (χ0) is 29.3. The highest BCUT2D eigenvalue weighted by atomic mass is 16.3. The molecule has 0 bridgehead atoms. The van der Waals surface area contributed by atoms with E-state index in [2.05, 4.69) is 0 Å². The zero-order valence-electron chi connectivity index (χ0n) is 23.6. The normalized spacial score (nSPS) is 32.2. The average molecular weight is 554 g/mol. The van der Waals surface area contributed by atoms with Crippen LogP contribution >= 0.6 is 0 Å². The molecule has 4 aliphatic carbocycles. The van der Waals surface area contributed by atoms with Gasteiger partial charge in [0.15, 0.2) is 34.7 Å². The number of hydrogen-bond acceptors (Lipinski definition) is 9. The molecule has 5 rings (SSSR count). The number of aliphatic hydroxyl groups is 1. The standard InChI is InChI=1S/C30H39N3O7/c1-32(2)19-13-15(10-9-14-7-5-6-8-14)24(34)21-17(19)11-16-12-18-23(33(3)4)26(36)22(29(31)39)28(38)30(18,40)27(37)20(16)25(21)35/h13-14,16,18,20,22-23,34,40H,5-12H2,1-4H3,(H2,31,39)/t16-,18-,20?,22?,23-,30-/m0/s1. The Balaban J connectivity index is 1.59. The van der Waals surface area contributed by atoms with Gasteiger partial charge >= 0.3 is 0 Å². The summed E-state index contributed by atoms with van der Waals surface area (Å²) in [6, 6.07) is 0.812. The molecule has 6 atom stereocenters. The molecule has 40 heavy (non-hydrogen) atoms. The molecule has 4 N–H and O–H groups in total. The molecule has 0 aromatic heterocycles. The Kier molecular flexibility index (Phi) is 7.15. The van der Waals surface area contributed by atoms with Crippen molar-refractivity contribution >= 4 is 34.7 Å². The highest BCUT2D eigenvalue weighted by Crippen LogP contribution is 2.52. The van der Waals surface area contributed by atoms with Gasteiger partial charge in [0.25, 0.3) is 0 Å². The fourth-order valence-electron chi connectivity index (χ4n) is 7.95. The van der Waals surface area contributed by atoms with E-state index in [9.17, 15) is 34.2 Å². The molecule has 1 aromatic carbocycles. The van der Waals surface area contributed by atoms with Gasteiger partial charge in [0.05, 0.1) is 17.5 Å². The van der Waals surface area contributed by atoms with Crippen LogP contribution in [0.4, 0.5) is 5.69 Å². The SMILES string of the molecule is CN(C)c1cc(CCC2CCCC2)c(O)c2c1C[C@H]1C[C@H]3[C@H](N(C)C)C(=O)C(C(N)=O)C(=O)[C@@]3(O)C(=O)C1C2=O. The number of amides is 1. The monoisotopic (exact) mass is 553 g/mol. The number of phenolic OH excluding ortho intramolecular Hbond substituents is 1. The smallest absolute Gasteiger partial charge is 0.235 e. The number of Topliss-reactive ketones (excluding diaryl/α,β-unsaturated/α-hetero) is 4. The number of likely N-dealkylation sites (N-methyl/N-ethyl adjacent to an activating group) is 1. The number of carbonyl (C=O) groups is 5. The van der Waals surface area contributed by atoms with E-state index in [1.165, 1.54) is 17.7 Å². The third-order valence-electron chi connectivity index (χ3n) is 9.90. The summed E-state index contributed by atoms with van der Waals surface area (Å²) in [5.74, 6) is -9.52. The first-order chi connectivity index (χ1) is 18.8. The molecule has 0 spiro atoms. The lowest BCUT2D eigenvalue weighted by Gasteiger charge is -2.52. The summed E-state index contributed by atoms with van der Waals surface area (Å²) in [5, 5.41) is 23.1. The Morgan fingerprint density at radius 1 is 1.07 bits per heavy atom. The second-order valence-electron chi connectivity index (χ2n) is 12.6. The summed E-state index contributed by atoms with van der Waals surface area (Å²) in [5.41, 5.74) is 4.79. The third-order valence-corrected chi connectivity index (χ3v) is 9.90. The number of aryl methyl sites for hydroxylation is 1. The number of nitrogens with two attached hydrogens (primary N) is 1. The Morgan fingerprint density at radius 3 is 2.30 bits per heavy atom.